The van der Waals surface area contributed by atoms with E-state index in [4.69, 9.17) is 13.6 Å². The first kappa shape index (κ1) is 37.6. The maximum atomic E-state index is 6.62. The predicted molar refractivity (Wildman–Crippen MR) is 170 cm³/mol. The predicted octanol–water partition coefficient (Wildman–Crippen LogP) is 11.7. The van der Waals surface area contributed by atoms with Crippen molar-refractivity contribution in [2.45, 2.75) is 181 Å². The summed E-state index contributed by atoms with van der Waals surface area (Å²) in [5.74, 6) is 0.682. The molecule has 0 aromatic rings. The fourth-order valence-corrected chi connectivity index (χ4v) is 6.83. The van der Waals surface area contributed by atoms with Crippen molar-refractivity contribution < 1.29 is 13.6 Å². The molecule has 0 aliphatic heterocycles. The topological polar surface area (TPSA) is 27.7 Å². The zero-order chi connectivity index (χ0) is 27.5. The highest BCUT2D eigenvalue weighted by molar-refractivity contribution is 9.09. The Balaban J connectivity index is 4.68. The van der Waals surface area contributed by atoms with Gasteiger partial charge in [-0.15, -0.1) is 0 Å². The number of unbranched alkanes of at least 4 members (excludes halogenated alkanes) is 15. The molecule has 0 fully saturated rings. The van der Waals surface area contributed by atoms with Crippen LogP contribution < -0.4 is 0 Å². The number of ether oxygens (including phenoxy) is 1. The van der Waals surface area contributed by atoms with E-state index >= 15 is 0 Å². The third-order valence-corrected chi connectivity index (χ3v) is 9.64. The van der Waals surface area contributed by atoms with E-state index in [1.807, 2.05) is 0 Å². The van der Waals surface area contributed by atoms with Crippen LogP contribution in [0.5, 0.6) is 0 Å². The molecule has 0 spiro atoms. The Kier molecular flexibility index (Phi) is 28.6. The van der Waals surface area contributed by atoms with Gasteiger partial charge in [-0.1, -0.05) is 139 Å². The summed E-state index contributed by atoms with van der Waals surface area (Å²) in [7, 11) is -2.24. The second-order valence-electron chi connectivity index (χ2n) is 11.7. The molecule has 0 saturated carbocycles. The molecule has 3 nitrogen and oxygen atoms in total. The zero-order valence-corrected chi connectivity index (χ0v) is 28.5. The minimum atomic E-state index is -2.24. The Hall–Kier alpha value is 0.577. The summed E-state index contributed by atoms with van der Waals surface area (Å²) in [6, 6.07) is 0. The SMILES string of the molecule is CCCCCCCCC(CCCCCC)CO[Si](C)(C)OC(CCCCCCC)OCCCCCCBr. The van der Waals surface area contributed by atoms with Crippen LogP contribution in [0.15, 0.2) is 0 Å². The van der Waals surface area contributed by atoms with Gasteiger partial charge in [0, 0.05) is 18.5 Å². The normalized spacial score (nSPS) is 13.8. The monoisotopic (exact) mass is 606 g/mol. The van der Waals surface area contributed by atoms with Crippen LogP contribution >= 0.6 is 15.9 Å². The van der Waals surface area contributed by atoms with E-state index in [9.17, 15) is 0 Å². The highest BCUT2D eigenvalue weighted by atomic mass is 79.9. The van der Waals surface area contributed by atoms with Crippen molar-refractivity contribution in [1.82, 2.24) is 0 Å². The summed E-state index contributed by atoms with van der Waals surface area (Å²) in [4.78, 5) is 0. The van der Waals surface area contributed by atoms with Crippen molar-refractivity contribution in [2.24, 2.45) is 5.92 Å². The second kappa shape index (κ2) is 28.1. The standard InChI is InChI=1S/C32H67BrO3Si/c1-6-9-12-15-17-21-26-31(25-20-14-11-8-3)30-35-37(4,5)36-32(27-22-16-13-10-7-2)34-29-24-19-18-23-28-33/h31-32H,6-30H2,1-5H3. The average Bonchev–Trinajstić information content (AvgIpc) is 2.88. The van der Waals surface area contributed by atoms with E-state index in [0.717, 1.165) is 31.4 Å². The molecule has 0 saturated heterocycles. The van der Waals surface area contributed by atoms with Crippen LogP contribution in [-0.2, 0) is 13.6 Å². The lowest BCUT2D eigenvalue weighted by Gasteiger charge is -2.31. The van der Waals surface area contributed by atoms with Crippen LogP contribution in [0.4, 0.5) is 0 Å². The number of alkyl halides is 1. The fraction of sp³-hybridized carbons (Fsp3) is 1.00. The van der Waals surface area contributed by atoms with Gasteiger partial charge in [-0.25, -0.2) is 0 Å². The van der Waals surface area contributed by atoms with Crippen molar-refractivity contribution in [2.75, 3.05) is 18.5 Å². The highest BCUT2D eigenvalue weighted by Crippen LogP contribution is 2.23. The molecule has 0 heterocycles. The highest BCUT2D eigenvalue weighted by Gasteiger charge is 2.30. The smallest absolute Gasteiger partial charge is 0.333 e. The van der Waals surface area contributed by atoms with E-state index < -0.39 is 8.56 Å². The van der Waals surface area contributed by atoms with Gasteiger partial charge in [0.05, 0.1) is 0 Å². The molecule has 0 bridgehead atoms. The van der Waals surface area contributed by atoms with Crippen molar-refractivity contribution >= 4 is 24.5 Å². The van der Waals surface area contributed by atoms with Gasteiger partial charge in [0.1, 0.15) is 6.29 Å². The van der Waals surface area contributed by atoms with Gasteiger partial charge in [0.25, 0.3) is 0 Å². The largest absolute Gasteiger partial charge is 0.394 e. The number of rotatable bonds is 30. The van der Waals surface area contributed by atoms with Crippen LogP contribution in [-0.4, -0.2) is 33.4 Å². The zero-order valence-electron chi connectivity index (χ0n) is 25.9. The van der Waals surface area contributed by atoms with Crippen LogP contribution in [0, 0.1) is 5.92 Å². The van der Waals surface area contributed by atoms with E-state index in [1.165, 1.54) is 128 Å². The molecule has 0 radical (unpaired) electrons. The molecule has 2 atom stereocenters. The molecular formula is C32H67BrO3Si. The van der Waals surface area contributed by atoms with Crippen molar-refractivity contribution in [1.29, 1.82) is 0 Å². The molecule has 0 aliphatic carbocycles. The third kappa shape index (κ3) is 26.6. The van der Waals surface area contributed by atoms with E-state index in [-0.39, 0.29) is 6.29 Å². The summed E-state index contributed by atoms with van der Waals surface area (Å²) in [6.07, 6.45) is 28.5. The molecule has 0 rings (SSSR count). The lowest BCUT2D eigenvalue weighted by atomic mass is 9.95. The maximum absolute atomic E-state index is 6.62. The first-order valence-corrected chi connectivity index (χ1v) is 20.4. The van der Waals surface area contributed by atoms with Gasteiger partial charge in [0.15, 0.2) is 0 Å². The molecule has 0 aromatic carbocycles. The quantitative estimate of drug-likeness (QED) is 0.0352. The van der Waals surface area contributed by atoms with Gasteiger partial charge in [-0.05, 0) is 57.5 Å². The van der Waals surface area contributed by atoms with Crippen molar-refractivity contribution in [3.8, 4) is 0 Å². The Labute approximate surface area is 243 Å². The van der Waals surface area contributed by atoms with Gasteiger partial charge >= 0.3 is 8.56 Å². The Morgan fingerprint density at radius 3 is 1.59 bits per heavy atom. The van der Waals surface area contributed by atoms with Gasteiger partial charge in [0.2, 0.25) is 0 Å². The lowest BCUT2D eigenvalue weighted by molar-refractivity contribution is -0.105. The third-order valence-electron chi connectivity index (χ3n) is 7.39. The molecule has 224 valence electrons. The summed E-state index contributed by atoms with van der Waals surface area (Å²) in [5, 5.41) is 1.10. The molecule has 0 N–H and O–H groups in total. The molecule has 5 heteroatoms. The molecule has 0 aliphatic rings. The van der Waals surface area contributed by atoms with Crippen LogP contribution in [0.2, 0.25) is 13.1 Å². The first-order chi connectivity index (χ1) is 18.0. The molecule has 0 aromatic heterocycles. The number of halogens is 1. The van der Waals surface area contributed by atoms with Gasteiger partial charge in [-0.2, -0.15) is 0 Å². The minimum Gasteiger partial charge on any atom is -0.394 e. The first-order valence-electron chi connectivity index (χ1n) is 16.5. The van der Waals surface area contributed by atoms with Gasteiger partial charge in [-0.3, -0.25) is 0 Å². The Morgan fingerprint density at radius 2 is 1.03 bits per heavy atom. The van der Waals surface area contributed by atoms with Crippen LogP contribution in [0.25, 0.3) is 0 Å². The Morgan fingerprint density at radius 1 is 0.568 bits per heavy atom. The molecular weight excluding hydrogens is 540 g/mol. The van der Waals surface area contributed by atoms with Crippen molar-refractivity contribution in [3.63, 3.8) is 0 Å². The Bertz CT molecular complexity index is 450. The molecule has 2 unspecified atom stereocenters. The number of hydrogen-bond acceptors (Lipinski definition) is 3. The lowest BCUT2D eigenvalue weighted by Crippen LogP contribution is -2.41. The second-order valence-corrected chi connectivity index (χ2v) is 15.8. The van der Waals surface area contributed by atoms with E-state index in [1.54, 1.807) is 0 Å². The summed E-state index contributed by atoms with van der Waals surface area (Å²) < 4.78 is 19.5. The summed E-state index contributed by atoms with van der Waals surface area (Å²) >= 11 is 3.53. The van der Waals surface area contributed by atoms with E-state index in [2.05, 4.69) is 49.8 Å². The van der Waals surface area contributed by atoms with Crippen molar-refractivity contribution in [3.05, 3.63) is 0 Å². The van der Waals surface area contributed by atoms with E-state index in [0.29, 0.717) is 5.92 Å². The van der Waals surface area contributed by atoms with Gasteiger partial charge < -0.3 is 13.6 Å². The number of hydrogen-bond donors (Lipinski definition) is 0. The fourth-order valence-electron chi connectivity index (χ4n) is 4.91. The summed E-state index contributed by atoms with van der Waals surface area (Å²) in [6.45, 7) is 13.0. The minimum absolute atomic E-state index is 0.0963. The molecule has 0 amide bonds. The van der Waals surface area contributed by atoms with Crippen LogP contribution in [0.3, 0.4) is 0 Å². The maximum Gasteiger partial charge on any atom is 0.333 e. The van der Waals surface area contributed by atoms with Crippen LogP contribution in [0.1, 0.15) is 162 Å². The summed E-state index contributed by atoms with van der Waals surface area (Å²) in [5.41, 5.74) is 0. The average molecular weight is 608 g/mol. The molecule has 37 heavy (non-hydrogen) atoms.